The maximum Gasteiger partial charge on any atom is 0.197 e. The number of hydrogen-bond donors (Lipinski definition) is 0. The maximum atomic E-state index is 10.9. The summed E-state index contributed by atoms with van der Waals surface area (Å²) < 4.78 is 4.54. The Morgan fingerprint density at radius 2 is 0.686 bits per heavy atom. The summed E-state index contributed by atoms with van der Waals surface area (Å²) in [5, 5.41) is 15.5. The number of benzene rings is 10. The fourth-order valence-electron chi connectivity index (χ4n) is 10.6. The monoisotopic (exact) mass is 894 g/mol. The lowest BCUT2D eigenvalue weighted by molar-refractivity contribution is 1.17. The lowest BCUT2D eigenvalue weighted by atomic mass is 9.97. The highest BCUT2D eigenvalue weighted by Gasteiger charge is 2.20. The van der Waals surface area contributed by atoms with Gasteiger partial charge in [0.2, 0.25) is 0 Å². The van der Waals surface area contributed by atoms with Crippen LogP contribution in [0.5, 0.6) is 0 Å². The van der Waals surface area contributed by atoms with Gasteiger partial charge in [0.25, 0.3) is 0 Å². The van der Waals surface area contributed by atoms with E-state index < -0.39 is 0 Å². The van der Waals surface area contributed by atoms with Crippen LogP contribution in [0.3, 0.4) is 0 Å². The third-order valence-electron chi connectivity index (χ3n) is 14.0. The van der Waals surface area contributed by atoms with Gasteiger partial charge in [0, 0.05) is 32.9 Å². The minimum atomic E-state index is 0.480. The Balaban J connectivity index is 0.987. The van der Waals surface area contributed by atoms with Gasteiger partial charge in [0.05, 0.1) is 40.3 Å². The average molecular weight is 895 g/mol. The van der Waals surface area contributed by atoms with Gasteiger partial charge in [-0.3, -0.25) is 0 Å². The van der Waals surface area contributed by atoms with Crippen LogP contribution in [0.1, 0.15) is 27.8 Å². The zero-order valence-electron chi connectivity index (χ0n) is 39.4. The van der Waals surface area contributed by atoms with E-state index >= 15 is 0 Å². The quantitative estimate of drug-likeness (QED) is 0.147. The van der Waals surface area contributed by atoms with Crippen LogP contribution >= 0.6 is 0 Å². The summed E-state index contributed by atoms with van der Waals surface area (Å²) in [6.45, 7) is 17.1. The van der Waals surface area contributed by atoms with Crippen LogP contribution in [0, 0.1) is 45.6 Å². The summed E-state index contributed by atoms with van der Waals surface area (Å²) in [5.41, 5.74) is 22.6. The third-order valence-corrected chi connectivity index (χ3v) is 14.0. The van der Waals surface area contributed by atoms with E-state index in [9.17, 15) is 5.26 Å². The van der Waals surface area contributed by atoms with Crippen molar-refractivity contribution in [2.45, 2.75) is 27.7 Å². The number of rotatable bonds is 7. The summed E-state index contributed by atoms with van der Waals surface area (Å²) in [6, 6.07) is 76.1. The van der Waals surface area contributed by atoms with Gasteiger partial charge in [0.15, 0.2) is 5.69 Å². The molecule has 2 aromatic heterocycles. The van der Waals surface area contributed by atoms with Crippen molar-refractivity contribution in [1.82, 2.24) is 9.13 Å². The first-order chi connectivity index (χ1) is 34.2. The van der Waals surface area contributed by atoms with Crippen molar-refractivity contribution in [3.8, 4) is 73.1 Å². The third kappa shape index (κ3) is 7.23. The lowest BCUT2D eigenvalue weighted by Crippen LogP contribution is -1.97. The number of hydrogen-bond acceptors (Lipinski definition) is 1. The molecule has 0 saturated heterocycles. The van der Waals surface area contributed by atoms with Gasteiger partial charge >= 0.3 is 0 Å². The molecule has 12 aromatic rings. The highest BCUT2D eigenvalue weighted by Crippen LogP contribution is 2.42. The van der Waals surface area contributed by atoms with E-state index in [1.54, 1.807) is 0 Å². The van der Waals surface area contributed by atoms with Crippen molar-refractivity contribution in [1.29, 1.82) is 5.26 Å². The molecule has 0 saturated carbocycles. The molecule has 0 aliphatic heterocycles. The normalized spacial score (nSPS) is 11.4. The Labute approximate surface area is 408 Å². The Morgan fingerprint density at radius 3 is 1.01 bits per heavy atom. The first kappa shape index (κ1) is 42.2. The van der Waals surface area contributed by atoms with Crippen LogP contribution in [0.2, 0.25) is 0 Å². The molecule has 0 bridgehead atoms. The lowest BCUT2D eigenvalue weighted by Gasteiger charge is -2.14. The molecule has 0 spiro atoms. The van der Waals surface area contributed by atoms with E-state index in [0.29, 0.717) is 11.3 Å². The Bertz CT molecular complexity index is 3720. The predicted octanol–water partition coefficient (Wildman–Crippen LogP) is 17.9. The van der Waals surface area contributed by atoms with Crippen LogP contribution in [0.4, 0.5) is 5.69 Å². The molecule has 0 N–H and O–H groups in total. The number of aryl methyl sites for hydroxylation is 4. The minimum Gasteiger partial charge on any atom is -0.311 e. The van der Waals surface area contributed by atoms with Crippen molar-refractivity contribution < 1.29 is 0 Å². The smallest absolute Gasteiger partial charge is 0.197 e. The number of aromatic nitrogens is 2. The SMILES string of the molecule is [C-]#[N+]c1cc(-n2c3ccc(-c4cccc(C)c4)cc3c3cc(-c4cccc(C)c4)ccc32)ccc1-c1ccc(-n2c3ccc(-c4cccc(C)c4)cc3c3cc(-c4cccc(C)c4)ccc32)cc1C#N. The molecule has 0 atom stereocenters. The second-order valence-electron chi connectivity index (χ2n) is 18.7. The number of nitriles is 1. The van der Waals surface area contributed by atoms with E-state index in [1.165, 1.54) is 44.5 Å². The number of nitrogens with zero attached hydrogens (tertiary/aromatic N) is 4. The second kappa shape index (κ2) is 16.8. The molecule has 0 amide bonds. The Morgan fingerprint density at radius 1 is 0.357 bits per heavy atom. The molecule has 12 rings (SSSR count). The zero-order chi connectivity index (χ0) is 47.6. The van der Waals surface area contributed by atoms with Gasteiger partial charge in [0.1, 0.15) is 0 Å². The molecule has 330 valence electrons. The predicted molar refractivity (Wildman–Crippen MR) is 292 cm³/mol. The molecule has 0 aliphatic carbocycles. The van der Waals surface area contributed by atoms with Gasteiger partial charge < -0.3 is 9.13 Å². The first-order valence-corrected chi connectivity index (χ1v) is 23.7. The summed E-state index contributed by atoms with van der Waals surface area (Å²) in [6.07, 6.45) is 0. The van der Waals surface area contributed by atoms with Gasteiger partial charge in [-0.2, -0.15) is 5.26 Å². The molecular formula is C66H46N4. The van der Waals surface area contributed by atoms with Crippen LogP contribution in [0.25, 0.3) is 115 Å². The summed E-state index contributed by atoms with van der Waals surface area (Å²) >= 11 is 0. The van der Waals surface area contributed by atoms with Crippen LogP contribution in [-0.4, -0.2) is 9.13 Å². The molecule has 0 radical (unpaired) electrons. The van der Waals surface area contributed by atoms with Gasteiger partial charge in [-0.05, 0) is 156 Å². The molecule has 70 heavy (non-hydrogen) atoms. The van der Waals surface area contributed by atoms with E-state index in [-0.39, 0.29) is 0 Å². The van der Waals surface area contributed by atoms with Crippen molar-refractivity contribution in [2.24, 2.45) is 0 Å². The van der Waals surface area contributed by atoms with E-state index in [1.807, 2.05) is 24.3 Å². The molecule has 2 heterocycles. The highest BCUT2D eigenvalue weighted by molar-refractivity contribution is 6.13. The number of fused-ring (bicyclic) bond motifs is 6. The molecule has 0 fully saturated rings. The molecule has 4 nitrogen and oxygen atoms in total. The van der Waals surface area contributed by atoms with Crippen LogP contribution < -0.4 is 0 Å². The summed E-state index contributed by atoms with van der Waals surface area (Å²) in [7, 11) is 0. The van der Waals surface area contributed by atoms with E-state index in [4.69, 9.17) is 6.57 Å². The van der Waals surface area contributed by atoms with Gasteiger partial charge in [-0.1, -0.05) is 156 Å². The fourth-order valence-corrected chi connectivity index (χ4v) is 10.6. The second-order valence-corrected chi connectivity index (χ2v) is 18.7. The summed E-state index contributed by atoms with van der Waals surface area (Å²) in [4.78, 5) is 4.13. The zero-order valence-corrected chi connectivity index (χ0v) is 39.4. The Hall–Kier alpha value is -9.22. The molecule has 0 unspecified atom stereocenters. The van der Waals surface area contributed by atoms with Crippen molar-refractivity contribution in [3.63, 3.8) is 0 Å². The average Bonchev–Trinajstić information content (AvgIpc) is 3.89. The summed E-state index contributed by atoms with van der Waals surface area (Å²) in [5.74, 6) is 0. The Kier molecular flexibility index (Phi) is 10.1. The largest absolute Gasteiger partial charge is 0.311 e. The van der Waals surface area contributed by atoms with Gasteiger partial charge in [-0.25, -0.2) is 4.85 Å². The van der Waals surface area contributed by atoms with E-state index in [2.05, 4.69) is 230 Å². The molecule has 4 heteroatoms. The first-order valence-electron chi connectivity index (χ1n) is 23.7. The maximum absolute atomic E-state index is 10.9. The van der Waals surface area contributed by atoms with Gasteiger partial charge in [-0.15, -0.1) is 0 Å². The fraction of sp³-hybridized carbons (Fsp3) is 0.0606. The van der Waals surface area contributed by atoms with Crippen molar-refractivity contribution >= 4 is 49.3 Å². The van der Waals surface area contributed by atoms with Crippen molar-refractivity contribution in [3.05, 3.63) is 245 Å². The van der Waals surface area contributed by atoms with E-state index in [0.717, 1.165) is 88.4 Å². The van der Waals surface area contributed by atoms with Crippen molar-refractivity contribution in [2.75, 3.05) is 0 Å². The molecule has 10 aromatic carbocycles. The molecule has 0 aliphatic rings. The highest BCUT2D eigenvalue weighted by atomic mass is 15.0. The topological polar surface area (TPSA) is 38.0 Å². The standard InChI is InChI=1S/C66H46N4/c1-41-10-6-14-45(30-41)49-18-26-63-58(35-49)59-36-50(46-15-7-11-42(2)31-46)19-27-64(59)69(63)54-22-24-56(53(34-54)40-67)57-25-23-55(39-62(57)68-5)70-65-28-20-51(47-16-8-12-43(3)32-47)37-60(65)61-38-52(21-29-66(61)70)48-17-9-13-44(4)33-48/h6-39H,1-4H3. The van der Waals surface area contributed by atoms with Crippen LogP contribution in [0.15, 0.2) is 206 Å². The van der Waals surface area contributed by atoms with Crippen LogP contribution in [-0.2, 0) is 0 Å². The molecular weight excluding hydrogens is 849 g/mol. The minimum absolute atomic E-state index is 0.480.